The van der Waals surface area contributed by atoms with Crippen molar-refractivity contribution >= 4 is 9.76 Å². The Kier molecular flexibility index (Phi) is 18.9. The molecular formula is C20H47N3OSi. The van der Waals surface area contributed by atoms with E-state index in [1.807, 2.05) is 0 Å². The quantitative estimate of drug-likeness (QED) is 0.278. The molecule has 0 aliphatic heterocycles. The summed E-state index contributed by atoms with van der Waals surface area (Å²) in [6, 6.07) is 1.95. The lowest BCUT2D eigenvalue weighted by Gasteiger charge is -2.24. The predicted molar refractivity (Wildman–Crippen MR) is 115 cm³/mol. The van der Waals surface area contributed by atoms with Crippen molar-refractivity contribution in [1.82, 2.24) is 15.1 Å². The van der Waals surface area contributed by atoms with Crippen molar-refractivity contribution in [3.63, 3.8) is 0 Å². The third kappa shape index (κ3) is 17.2. The molecule has 0 aliphatic carbocycles. The first-order valence-corrected chi connectivity index (χ1v) is 12.4. The van der Waals surface area contributed by atoms with Gasteiger partial charge in [-0.15, -0.1) is 0 Å². The van der Waals surface area contributed by atoms with Crippen molar-refractivity contribution in [2.45, 2.75) is 78.3 Å². The van der Waals surface area contributed by atoms with E-state index in [0.29, 0.717) is 6.04 Å². The molecule has 0 rings (SSSR count). The van der Waals surface area contributed by atoms with Gasteiger partial charge in [-0.3, -0.25) is 0 Å². The Morgan fingerprint density at radius 3 is 2.36 bits per heavy atom. The molecule has 0 spiro atoms. The van der Waals surface area contributed by atoms with Crippen molar-refractivity contribution in [3.8, 4) is 0 Å². The number of hydrogen-bond acceptors (Lipinski definition) is 4. The minimum absolute atomic E-state index is 0.312. The van der Waals surface area contributed by atoms with Gasteiger partial charge < -0.3 is 19.5 Å². The van der Waals surface area contributed by atoms with Crippen LogP contribution in [0.1, 0.15) is 66.2 Å². The second kappa shape index (κ2) is 18.8. The molecule has 0 saturated carbocycles. The minimum atomic E-state index is -0.312. The second-order valence-electron chi connectivity index (χ2n) is 7.43. The fraction of sp³-hybridized carbons (Fsp3) is 1.00. The third-order valence-corrected chi connectivity index (χ3v) is 5.96. The summed E-state index contributed by atoms with van der Waals surface area (Å²) in [7, 11) is 1.94. The van der Waals surface area contributed by atoms with Gasteiger partial charge in [0, 0.05) is 12.6 Å². The van der Waals surface area contributed by atoms with Crippen LogP contribution in [0.4, 0.5) is 0 Å². The van der Waals surface area contributed by atoms with E-state index in [0.717, 1.165) is 13.2 Å². The van der Waals surface area contributed by atoms with Gasteiger partial charge in [0.25, 0.3) is 0 Å². The van der Waals surface area contributed by atoms with Gasteiger partial charge in [-0.1, -0.05) is 27.2 Å². The first-order chi connectivity index (χ1) is 12.1. The van der Waals surface area contributed by atoms with Crippen molar-refractivity contribution in [3.05, 3.63) is 0 Å². The number of rotatable bonds is 19. The highest BCUT2D eigenvalue weighted by molar-refractivity contribution is 6.27. The van der Waals surface area contributed by atoms with Gasteiger partial charge in [0.15, 0.2) is 9.76 Å². The van der Waals surface area contributed by atoms with E-state index in [2.05, 4.69) is 49.9 Å². The van der Waals surface area contributed by atoms with E-state index >= 15 is 0 Å². The summed E-state index contributed by atoms with van der Waals surface area (Å²) in [5, 5.41) is 3.62. The van der Waals surface area contributed by atoms with Crippen LogP contribution in [0.25, 0.3) is 0 Å². The molecule has 0 saturated heterocycles. The fourth-order valence-electron chi connectivity index (χ4n) is 2.93. The van der Waals surface area contributed by atoms with Crippen molar-refractivity contribution in [2.75, 3.05) is 52.9 Å². The summed E-state index contributed by atoms with van der Waals surface area (Å²) in [6.07, 6.45) is 7.48. The molecule has 4 nitrogen and oxygen atoms in total. The Hall–Kier alpha value is 0.0569. The van der Waals surface area contributed by atoms with Crippen LogP contribution in [0.15, 0.2) is 0 Å². The molecule has 0 bridgehead atoms. The molecule has 25 heavy (non-hydrogen) atoms. The summed E-state index contributed by atoms with van der Waals surface area (Å²) < 4.78 is 5.86. The summed E-state index contributed by atoms with van der Waals surface area (Å²) in [6.45, 7) is 17.3. The van der Waals surface area contributed by atoms with Gasteiger partial charge in [-0.25, -0.2) is 0 Å². The smallest absolute Gasteiger partial charge is 0.162 e. The van der Waals surface area contributed by atoms with Crippen LogP contribution >= 0.6 is 0 Å². The summed E-state index contributed by atoms with van der Waals surface area (Å²) in [5.74, 6) is 0. The zero-order valence-electron chi connectivity index (χ0n) is 18.0. The molecule has 0 aliphatic rings. The molecular weight excluding hydrogens is 326 g/mol. The Bertz CT molecular complexity index is 269. The highest BCUT2D eigenvalue weighted by atomic mass is 28.2. The van der Waals surface area contributed by atoms with Crippen molar-refractivity contribution in [2.24, 2.45) is 0 Å². The van der Waals surface area contributed by atoms with Gasteiger partial charge >= 0.3 is 0 Å². The van der Waals surface area contributed by atoms with Crippen LogP contribution in [0.2, 0.25) is 6.04 Å². The number of hydrogen-bond donors (Lipinski definition) is 1. The normalized spacial score (nSPS) is 13.6. The van der Waals surface area contributed by atoms with Gasteiger partial charge in [-0.2, -0.15) is 0 Å². The molecule has 0 fully saturated rings. The molecule has 0 radical (unpaired) electrons. The van der Waals surface area contributed by atoms with Crippen LogP contribution in [-0.2, 0) is 4.43 Å². The van der Waals surface area contributed by atoms with Crippen LogP contribution < -0.4 is 5.32 Å². The topological polar surface area (TPSA) is 27.7 Å². The summed E-state index contributed by atoms with van der Waals surface area (Å²) in [5.41, 5.74) is 0. The van der Waals surface area contributed by atoms with Gasteiger partial charge in [0.1, 0.15) is 0 Å². The lowest BCUT2D eigenvalue weighted by Crippen LogP contribution is -2.33. The first kappa shape index (κ1) is 25.1. The molecule has 1 N–H and O–H groups in total. The van der Waals surface area contributed by atoms with E-state index in [-0.39, 0.29) is 9.76 Å². The SMILES string of the molecule is CCCCO[SiH2]CCN(CCCNC(C)CC)CCCN(C)CCC. The van der Waals surface area contributed by atoms with Crippen LogP contribution in [0.5, 0.6) is 0 Å². The average molecular weight is 374 g/mol. The fourth-order valence-corrected chi connectivity index (χ4v) is 4.12. The largest absolute Gasteiger partial charge is 0.424 e. The molecule has 1 atom stereocenters. The van der Waals surface area contributed by atoms with E-state index < -0.39 is 0 Å². The standard InChI is InChI=1S/C20H47N3OSi/c1-6-9-18-24-25-19-17-23(15-10-12-21-20(4)8-3)16-11-14-22(5)13-7-2/h20-21H,6-19,25H2,1-5H3. The van der Waals surface area contributed by atoms with Crippen LogP contribution in [0.3, 0.4) is 0 Å². The van der Waals surface area contributed by atoms with Crippen molar-refractivity contribution in [1.29, 1.82) is 0 Å². The number of unbranched alkanes of at least 4 members (excludes halogenated alkanes) is 1. The Morgan fingerprint density at radius 1 is 0.920 bits per heavy atom. The summed E-state index contributed by atoms with van der Waals surface area (Å²) >= 11 is 0. The lowest BCUT2D eigenvalue weighted by atomic mass is 10.2. The van der Waals surface area contributed by atoms with Gasteiger partial charge in [0.05, 0.1) is 0 Å². The second-order valence-corrected chi connectivity index (χ2v) is 8.96. The minimum Gasteiger partial charge on any atom is -0.424 e. The Morgan fingerprint density at radius 2 is 1.68 bits per heavy atom. The third-order valence-electron chi connectivity index (χ3n) is 4.78. The van der Waals surface area contributed by atoms with E-state index in [4.69, 9.17) is 4.43 Å². The number of nitrogens with one attached hydrogen (secondary N) is 1. The molecule has 0 aromatic heterocycles. The maximum absolute atomic E-state index is 5.86. The van der Waals surface area contributed by atoms with E-state index in [1.54, 1.807) is 0 Å². The zero-order valence-corrected chi connectivity index (χ0v) is 19.4. The van der Waals surface area contributed by atoms with E-state index in [1.165, 1.54) is 77.3 Å². The maximum Gasteiger partial charge on any atom is 0.162 e. The Balaban J connectivity index is 3.95. The highest BCUT2D eigenvalue weighted by Crippen LogP contribution is 2.00. The van der Waals surface area contributed by atoms with Crippen molar-refractivity contribution < 1.29 is 4.43 Å². The molecule has 5 heteroatoms. The van der Waals surface area contributed by atoms with Crippen LogP contribution in [0, 0.1) is 0 Å². The molecule has 152 valence electrons. The Labute approximate surface area is 161 Å². The molecule has 0 aromatic rings. The monoisotopic (exact) mass is 373 g/mol. The van der Waals surface area contributed by atoms with Gasteiger partial charge in [0.2, 0.25) is 0 Å². The van der Waals surface area contributed by atoms with E-state index in [9.17, 15) is 0 Å². The molecule has 0 amide bonds. The molecule has 0 heterocycles. The zero-order chi connectivity index (χ0) is 18.8. The lowest BCUT2D eigenvalue weighted by molar-refractivity contribution is 0.246. The number of nitrogens with zero attached hydrogens (tertiary/aromatic N) is 2. The molecule has 1 unspecified atom stereocenters. The molecule has 0 aromatic carbocycles. The maximum atomic E-state index is 5.86. The first-order valence-electron chi connectivity index (χ1n) is 10.9. The predicted octanol–water partition coefficient (Wildman–Crippen LogP) is 3.12. The van der Waals surface area contributed by atoms with Crippen LogP contribution in [-0.4, -0.2) is 78.5 Å². The van der Waals surface area contributed by atoms with Gasteiger partial charge in [-0.05, 0) is 91.4 Å². The summed E-state index contributed by atoms with van der Waals surface area (Å²) in [4.78, 5) is 5.14. The average Bonchev–Trinajstić information content (AvgIpc) is 2.60. The highest BCUT2D eigenvalue weighted by Gasteiger charge is 2.07.